The van der Waals surface area contributed by atoms with E-state index in [4.69, 9.17) is 5.73 Å². The normalized spacial score (nSPS) is 9.71. The zero-order valence-corrected chi connectivity index (χ0v) is 11.0. The van der Waals surface area contributed by atoms with Crippen molar-refractivity contribution in [3.8, 4) is 11.8 Å². The van der Waals surface area contributed by atoms with Crippen molar-refractivity contribution in [1.82, 2.24) is 0 Å². The van der Waals surface area contributed by atoms with Crippen molar-refractivity contribution in [2.45, 2.75) is 10.6 Å². The lowest BCUT2D eigenvalue weighted by atomic mass is 10.3. The number of thioether (sulfide) groups is 1. The highest BCUT2D eigenvalue weighted by Crippen LogP contribution is 2.27. The van der Waals surface area contributed by atoms with Gasteiger partial charge in [0, 0.05) is 21.1 Å². The molecule has 0 radical (unpaired) electrons. The minimum absolute atomic E-state index is 0.418. The minimum atomic E-state index is 0.418. The van der Waals surface area contributed by atoms with Crippen molar-refractivity contribution in [2.24, 2.45) is 5.73 Å². The van der Waals surface area contributed by atoms with Crippen LogP contribution in [0.2, 0.25) is 0 Å². The Balaban J connectivity index is 2.02. The molecule has 1 heterocycles. The quantitative estimate of drug-likeness (QED) is 0.676. The smallest absolute Gasteiger partial charge is 0.0555 e. The highest BCUT2D eigenvalue weighted by molar-refractivity contribution is 7.98. The molecular weight excluding hydrogens is 246 g/mol. The maximum absolute atomic E-state index is 5.38. The summed E-state index contributed by atoms with van der Waals surface area (Å²) in [5.74, 6) is 6.98. The average Bonchev–Trinajstić information content (AvgIpc) is 2.82. The molecule has 2 N–H and O–H groups in total. The van der Waals surface area contributed by atoms with Gasteiger partial charge >= 0.3 is 0 Å². The van der Waals surface area contributed by atoms with Gasteiger partial charge in [-0.1, -0.05) is 30.0 Å². The second-order valence-corrected chi connectivity index (χ2v) is 5.41. The topological polar surface area (TPSA) is 26.0 Å². The highest BCUT2D eigenvalue weighted by atomic mass is 32.2. The SMILES string of the molecule is NCC#Cc1ccsc1CSc1ccccc1. The minimum Gasteiger partial charge on any atom is -0.320 e. The van der Waals surface area contributed by atoms with Crippen LogP contribution in [0.3, 0.4) is 0 Å². The zero-order valence-electron chi connectivity index (χ0n) is 9.35. The number of benzene rings is 1. The molecule has 86 valence electrons. The summed E-state index contributed by atoms with van der Waals surface area (Å²) in [5.41, 5.74) is 6.50. The Hall–Kier alpha value is -1.21. The lowest BCUT2D eigenvalue weighted by Crippen LogP contribution is -1.93. The van der Waals surface area contributed by atoms with E-state index in [0.29, 0.717) is 6.54 Å². The van der Waals surface area contributed by atoms with Gasteiger partial charge < -0.3 is 5.73 Å². The summed E-state index contributed by atoms with van der Waals surface area (Å²) in [4.78, 5) is 2.61. The second kappa shape index (κ2) is 6.51. The molecule has 0 unspecified atom stereocenters. The van der Waals surface area contributed by atoms with Crippen LogP contribution >= 0.6 is 23.1 Å². The lowest BCUT2D eigenvalue weighted by Gasteiger charge is -1.99. The Morgan fingerprint density at radius 1 is 1.18 bits per heavy atom. The fourth-order valence-corrected chi connectivity index (χ4v) is 3.24. The van der Waals surface area contributed by atoms with Crippen molar-refractivity contribution in [3.05, 3.63) is 52.2 Å². The number of thiophene rings is 1. The molecule has 0 aliphatic rings. The molecule has 0 bridgehead atoms. The monoisotopic (exact) mass is 259 g/mol. The van der Waals surface area contributed by atoms with Gasteiger partial charge in [0.05, 0.1) is 6.54 Å². The molecule has 2 aromatic rings. The molecule has 0 aliphatic heterocycles. The van der Waals surface area contributed by atoms with Crippen LogP contribution in [0.4, 0.5) is 0 Å². The standard InChI is InChI=1S/C14H13NS2/c15-9-4-5-12-8-10-16-14(12)11-17-13-6-2-1-3-7-13/h1-3,6-8,10H,9,11,15H2. The van der Waals surface area contributed by atoms with Crippen LogP contribution in [0.25, 0.3) is 0 Å². The van der Waals surface area contributed by atoms with Crippen LogP contribution in [-0.2, 0) is 5.75 Å². The molecule has 17 heavy (non-hydrogen) atoms. The van der Waals surface area contributed by atoms with E-state index in [2.05, 4.69) is 47.6 Å². The van der Waals surface area contributed by atoms with Crippen molar-refractivity contribution >= 4 is 23.1 Å². The predicted octanol–water partition coefficient (Wildman–Crippen LogP) is 3.35. The average molecular weight is 259 g/mol. The summed E-state index contributed by atoms with van der Waals surface area (Å²) in [6.07, 6.45) is 0. The number of nitrogens with two attached hydrogens (primary N) is 1. The Morgan fingerprint density at radius 3 is 2.76 bits per heavy atom. The molecule has 1 nitrogen and oxygen atoms in total. The van der Waals surface area contributed by atoms with Crippen LogP contribution in [0, 0.1) is 11.8 Å². The second-order valence-electron chi connectivity index (χ2n) is 3.37. The summed E-state index contributed by atoms with van der Waals surface area (Å²) in [5, 5.41) is 2.08. The van der Waals surface area contributed by atoms with E-state index in [1.54, 1.807) is 11.3 Å². The van der Waals surface area contributed by atoms with Crippen molar-refractivity contribution < 1.29 is 0 Å². The zero-order chi connectivity index (χ0) is 11.9. The van der Waals surface area contributed by atoms with Crippen molar-refractivity contribution in [2.75, 3.05) is 6.54 Å². The van der Waals surface area contributed by atoms with Crippen LogP contribution in [-0.4, -0.2) is 6.54 Å². The van der Waals surface area contributed by atoms with Gasteiger partial charge in [-0.3, -0.25) is 0 Å². The number of rotatable bonds is 3. The van der Waals surface area contributed by atoms with Gasteiger partial charge in [-0.15, -0.1) is 23.1 Å². The van der Waals surface area contributed by atoms with E-state index < -0.39 is 0 Å². The Morgan fingerprint density at radius 2 is 2.00 bits per heavy atom. The molecule has 0 saturated carbocycles. The maximum Gasteiger partial charge on any atom is 0.0555 e. The first-order chi connectivity index (χ1) is 8.40. The summed E-state index contributed by atoms with van der Waals surface area (Å²) in [6.45, 7) is 0.418. The molecular formula is C14H13NS2. The maximum atomic E-state index is 5.38. The van der Waals surface area contributed by atoms with Crippen molar-refractivity contribution in [1.29, 1.82) is 0 Å². The Labute approximate surface area is 110 Å². The summed E-state index contributed by atoms with van der Waals surface area (Å²) < 4.78 is 0. The van der Waals surface area contributed by atoms with Gasteiger partial charge in [0.1, 0.15) is 0 Å². The number of hydrogen-bond donors (Lipinski definition) is 1. The van der Waals surface area contributed by atoms with Gasteiger partial charge in [0.2, 0.25) is 0 Å². The Bertz CT molecular complexity index is 520. The van der Waals surface area contributed by atoms with Gasteiger partial charge in [0.25, 0.3) is 0 Å². The molecule has 1 aromatic carbocycles. The summed E-state index contributed by atoms with van der Waals surface area (Å²) in [6, 6.07) is 12.5. The number of hydrogen-bond acceptors (Lipinski definition) is 3. The van der Waals surface area contributed by atoms with Gasteiger partial charge in [-0.2, -0.15) is 0 Å². The van der Waals surface area contributed by atoms with Crippen molar-refractivity contribution in [3.63, 3.8) is 0 Å². The molecule has 0 atom stereocenters. The first-order valence-electron chi connectivity index (χ1n) is 5.33. The molecule has 0 spiro atoms. The van der Waals surface area contributed by atoms with Crippen LogP contribution in [0.5, 0.6) is 0 Å². The van der Waals surface area contributed by atoms with Crippen LogP contribution in [0.1, 0.15) is 10.4 Å². The van der Waals surface area contributed by atoms with Gasteiger partial charge in [0.15, 0.2) is 0 Å². The molecule has 3 heteroatoms. The first-order valence-corrected chi connectivity index (χ1v) is 7.20. The first kappa shape index (κ1) is 12.3. The largest absolute Gasteiger partial charge is 0.320 e. The third-order valence-electron chi connectivity index (χ3n) is 2.18. The predicted molar refractivity (Wildman–Crippen MR) is 76.3 cm³/mol. The van der Waals surface area contributed by atoms with Crippen LogP contribution < -0.4 is 5.73 Å². The van der Waals surface area contributed by atoms with E-state index in [0.717, 1.165) is 11.3 Å². The van der Waals surface area contributed by atoms with Gasteiger partial charge in [-0.05, 0) is 23.6 Å². The van der Waals surface area contributed by atoms with E-state index >= 15 is 0 Å². The molecule has 0 saturated heterocycles. The van der Waals surface area contributed by atoms with Gasteiger partial charge in [-0.25, -0.2) is 0 Å². The Kier molecular flexibility index (Phi) is 4.69. The molecule has 0 fully saturated rings. The molecule has 1 aromatic heterocycles. The molecule has 0 amide bonds. The third-order valence-corrected chi connectivity index (χ3v) is 4.33. The lowest BCUT2D eigenvalue weighted by molar-refractivity contribution is 1.30. The van der Waals surface area contributed by atoms with E-state index in [9.17, 15) is 0 Å². The fraction of sp³-hybridized carbons (Fsp3) is 0.143. The van der Waals surface area contributed by atoms with E-state index in [-0.39, 0.29) is 0 Å². The summed E-state index contributed by atoms with van der Waals surface area (Å²) >= 11 is 3.59. The highest BCUT2D eigenvalue weighted by Gasteiger charge is 2.02. The van der Waals surface area contributed by atoms with E-state index in [1.165, 1.54) is 9.77 Å². The molecule has 0 aliphatic carbocycles. The van der Waals surface area contributed by atoms with Crippen LogP contribution in [0.15, 0.2) is 46.7 Å². The fourth-order valence-electron chi connectivity index (χ4n) is 1.38. The van der Waals surface area contributed by atoms with E-state index in [1.807, 2.05) is 17.8 Å². The third kappa shape index (κ3) is 3.64. The molecule has 2 rings (SSSR count). The summed E-state index contributed by atoms with van der Waals surface area (Å²) in [7, 11) is 0.